The molecular weight excluding hydrogens is 270 g/mol. The van der Waals surface area contributed by atoms with E-state index in [1.165, 1.54) is 13.2 Å². The molecule has 21 heavy (non-hydrogen) atoms. The van der Waals surface area contributed by atoms with Gasteiger partial charge in [-0.05, 0) is 50.6 Å². The monoisotopic (exact) mass is 287 g/mol. The zero-order valence-corrected chi connectivity index (χ0v) is 12.4. The second kappa shape index (κ2) is 5.83. The van der Waals surface area contributed by atoms with E-state index in [1.807, 2.05) is 13.0 Å². The summed E-state index contributed by atoms with van der Waals surface area (Å²) in [6.07, 6.45) is 3.01. The number of methoxy groups -OCH3 is 1. The average Bonchev–Trinajstić information content (AvgIpc) is 2.99. The lowest BCUT2D eigenvalue weighted by molar-refractivity contribution is 0.0599. The summed E-state index contributed by atoms with van der Waals surface area (Å²) in [5.74, 6) is 0.711. The van der Waals surface area contributed by atoms with Crippen molar-refractivity contribution in [1.82, 2.24) is 4.98 Å². The topological polar surface area (TPSA) is 72.3 Å². The highest BCUT2D eigenvalue weighted by Gasteiger charge is 2.21. The molecule has 0 aromatic carbocycles. The van der Waals surface area contributed by atoms with E-state index < -0.39 is 5.97 Å². The molecule has 1 N–H and O–H groups in total. The van der Waals surface area contributed by atoms with Crippen molar-refractivity contribution in [3.63, 3.8) is 0 Å². The van der Waals surface area contributed by atoms with Gasteiger partial charge in [-0.25, -0.2) is 4.79 Å². The number of hydrogen-bond donors (Lipinski definition) is 1. The molecule has 0 aliphatic carbocycles. The number of H-pyrrole nitrogens is 1. The van der Waals surface area contributed by atoms with Gasteiger partial charge in [0.2, 0.25) is 5.78 Å². The molecule has 0 bridgehead atoms. The number of ketones is 1. The Labute approximate surface area is 122 Å². The minimum Gasteiger partial charge on any atom is -0.465 e. The predicted octanol–water partition coefficient (Wildman–Crippen LogP) is 3.22. The van der Waals surface area contributed by atoms with Crippen molar-refractivity contribution < 1.29 is 18.7 Å². The first-order valence-electron chi connectivity index (χ1n) is 6.50. The van der Waals surface area contributed by atoms with Crippen LogP contribution in [0.5, 0.6) is 0 Å². The summed E-state index contributed by atoms with van der Waals surface area (Å²) in [6.45, 7) is 5.28. The molecule has 2 rings (SSSR count). The predicted molar refractivity (Wildman–Crippen MR) is 78.4 cm³/mol. The zero-order chi connectivity index (χ0) is 15.6. The van der Waals surface area contributed by atoms with Crippen LogP contribution in [-0.4, -0.2) is 23.8 Å². The summed E-state index contributed by atoms with van der Waals surface area (Å²) in [6, 6.07) is 3.61. The normalized spacial score (nSPS) is 11.0. The van der Waals surface area contributed by atoms with Crippen LogP contribution < -0.4 is 0 Å². The highest BCUT2D eigenvalue weighted by atomic mass is 16.5. The highest BCUT2D eigenvalue weighted by molar-refractivity contribution is 6.08. The Bertz CT molecular complexity index is 719. The van der Waals surface area contributed by atoms with Crippen molar-refractivity contribution in [3.8, 4) is 0 Å². The van der Waals surface area contributed by atoms with Gasteiger partial charge in [-0.2, -0.15) is 0 Å². The fraction of sp³-hybridized carbons (Fsp3) is 0.250. The number of aromatic amines is 1. The lowest BCUT2D eigenvalue weighted by Crippen LogP contribution is -2.04. The number of aryl methyl sites for hydroxylation is 2. The Balaban J connectivity index is 2.28. The van der Waals surface area contributed by atoms with Gasteiger partial charge in [-0.15, -0.1) is 0 Å². The lowest BCUT2D eigenvalue weighted by atomic mass is 10.1. The van der Waals surface area contributed by atoms with Gasteiger partial charge in [-0.3, -0.25) is 4.79 Å². The quantitative estimate of drug-likeness (QED) is 0.532. The Morgan fingerprint density at radius 1 is 1.24 bits per heavy atom. The third kappa shape index (κ3) is 2.97. The zero-order valence-electron chi connectivity index (χ0n) is 12.4. The third-order valence-corrected chi connectivity index (χ3v) is 3.23. The number of nitrogens with one attached hydrogen (secondary N) is 1. The van der Waals surface area contributed by atoms with E-state index in [0.29, 0.717) is 28.3 Å². The third-order valence-electron chi connectivity index (χ3n) is 3.23. The number of hydrogen-bond acceptors (Lipinski definition) is 4. The van der Waals surface area contributed by atoms with Crippen molar-refractivity contribution in [2.45, 2.75) is 20.8 Å². The maximum Gasteiger partial charge on any atom is 0.339 e. The van der Waals surface area contributed by atoms with Gasteiger partial charge in [0.05, 0.1) is 18.4 Å². The molecule has 2 aromatic heterocycles. The van der Waals surface area contributed by atoms with Crippen molar-refractivity contribution in [3.05, 3.63) is 52.2 Å². The van der Waals surface area contributed by atoms with Gasteiger partial charge < -0.3 is 14.1 Å². The number of ether oxygens (including phenoxy) is 1. The number of rotatable bonds is 4. The van der Waals surface area contributed by atoms with E-state index in [-0.39, 0.29) is 5.78 Å². The lowest BCUT2D eigenvalue weighted by Gasteiger charge is -1.99. The molecule has 0 aliphatic rings. The van der Waals surface area contributed by atoms with Crippen molar-refractivity contribution in [2.75, 3.05) is 7.11 Å². The molecule has 5 nitrogen and oxygen atoms in total. The summed E-state index contributed by atoms with van der Waals surface area (Å²) >= 11 is 0. The molecule has 0 saturated carbocycles. The van der Waals surface area contributed by atoms with E-state index in [9.17, 15) is 9.59 Å². The Morgan fingerprint density at radius 2 is 1.95 bits per heavy atom. The summed E-state index contributed by atoms with van der Waals surface area (Å²) in [4.78, 5) is 26.8. The van der Waals surface area contributed by atoms with E-state index in [2.05, 4.69) is 4.98 Å². The largest absolute Gasteiger partial charge is 0.465 e. The average molecular weight is 287 g/mol. The van der Waals surface area contributed by atoms with Gasteiger partial charge in [0.25, 0.3) is 0 Å². The maximum absolute atomic E-state index is 12.2. The first kappa shape index (κ1) is 14.8. The number of esters is 1. The first-order chi connectivity index (χ1) is 9.93. The van der Waals surface area contributed by atoms with E-state index in [0.717, 1.165) is 5.76 Å². The van der Waals surface area contributed by atoms with E-state index in [1.54, 1.807) is 26.0 Å². The van der Waals surface area contributed by atoms with E-state index >= 15 is 0 Å². The molecule has 0 amide bonds. The maximum atomic E-state index is 12.2. The van der Waals surface area contributed by atoms with Crippen molar-refractivity contribution in [1.29, 1.82) is 0 Å². The second-order valence-corrected chi connectivity index (χ2v) is 4.76. The van der Waals surface area contributed by atoms with Crippen molar-refractivity contribution >= 4 is 17.8 Å². The van der Waals surface area contributed by atoms with Crippen LogP contribution in [0.1, 0.15) is 43.6 Å². The second-order valence-electron chi connectivity index (χ2n) is 4.76. The molecule has 110 valence electrons. The fourth-order valence-electron chi connectivity index (χ4n) is 2.19. The molecule has 2 aromatic rings. The molecule has 0 atom stereocenters. The molecule has 5 heteroatoms. The number of allylic oxidation sites excluding steroid dienone is 1. The molecule has 2 heterocycles. The summed E-state index contributed by atoms with van der Waals surface area (Å²) < 4.78 is 10.1. The van der Waals surface area contributed by atoms with Crippen LogP contribution in [0.15, 0.2) is 22.6 Å². The number of aromatic nitrogens is 1. The number of furan rings is 1. The van der Waals surface area contributed by atoms with Gasteiger partial charge in [0, 0.05) is 5.69 Å². The Hall–Kier alpha value is -2.56. The van der Waals surface area contributed by atoms with Crippen LogP contribution in [0.2, 0.25) is 0 Å². The highest BCUT2D eigenvalue weighted by Crippen LogP contribution is 2.20. The van der Waals surface area contributed by atoms with Crippen molar-refractivity contribution in [2.24, 2.45) is 0 Å². The molecular formula is C16H17NO4. The first-order valence-corrected chi connectivity index (χ1v) is 6.50. The Kier molecular flexibility index (Phi) is 4.12. The van der Waals surface area contributed by atoms with Gasteiger partial charge >= 0.3 is 5.97 Å². The van der Waals surface area contributed by atoms with Crippen LogP contribution in [0, 0.1) is 20.8 Å². The molecule has 0 aliphatic heterocycles. The number of carbonyl (C=O) groups is 2. The number of carbonyl (C=O) groups excluding carboxylic acids is 2. The van der Waals surface area contributed by atoms with Gasteiger partial charge in [0.1, 0.15) is 11.5 Å². The molecule has 0 unspecified atom stereocenters. The molecule has 0 spiro atoms. The molecule has 0 saturated heterocycles. The van der Waals surface area contributed by atoms with Crippen LogP contribution in [0.3, 0.4) is 0 Å². The van der Waals surface area contributed by atoms with Crippen LogP contribution in [0.25, 0.3) is 6.08 Å². The SMILES string of the molecule is COC(=O)c1c(C)[nH]c(C(=O)/C=C/c2ccc(C)o2)c1C. The smallest absolute Gasteiger partial charge is 0.339 e. The molecule has 0 radical (unpaired) electrons. The van der Waals surface area contributed by atoms with Gasteiger partial charge in [0.15, 0.2) is 0 Å². The minimum absolute atomic E-state index is 0.222. The molecule has 0 fully saturated rings. The Morgan fingerprint density at radius 3 is 2.52 bits per heavy atom. The van der Waals surface area contributed by atoms with E-state index in [4.69, 9.17) is 9.15 Å². The summed E-state index contributed by atoms with van der Waals surface area (Å²) in [7, 11) is 1.31. The summed E-state index contributed by atoms with van der Waals surface area (Å²) in [5.41, 5.74) is 1.99. The standard InChI is InChI=1S/C16H17NO4/c1-9-5-6-12(21-9)7-8-13(18)15-10(2)14(11(3)17-15)16(19)20-4/h5-8,17H,1-4H3/b8-7+. The van der Waals surface area contributed by atoms with Crippen LogP contribution >= 0.6 is 0 Å². The van der Waals surface area contributed by atoms with Gasteiger partial charge in [-0.1, -0.05) is 0 Å². The van der Waals surface area contributed by atoms with Crippen LogP contribution in [0.4, 0.5) is 0 Å². The minimum atomic E-state index is -0.453. The summed E-state index contributed by atoms with van der Waals surface area (Å²) in [5, 5.41) is 0. The van der Waals surface area contributed by atoms with Crippen LogP contribution in [-0.2, 0) is 4.74 Å². The fourth-order valence-corrected chi connectivity index (χ4v) is 2.19.